The van der Waals surface area contributed by atoms with E-state index in [0.717, 1.165) is 24.7 Å². The number of hydrogen-bond acceptors (Lipinski definition) is 5. The summed E-state index contributed by atoms with van der Waals surface area (Å²) in [7, 11) is 1.46. The summed E-state index contributed by atoms with van der Waals surface area (Å²) in [6.45, 7) is 8.88. The van der Waals surface area contributed by atoms with Gasteiger partial charge in [0.25, 0.3) is 5.91 Å². The van der Waals surface area contributed by atoms with Gasteiger partial charge in [-0.3, -0.25) is 9.69 Å². The van der Waals surface area contributed by atoms with Gasteiger partial charge in [-0.2, -0.15) is 0 Å². The lowest BCUT2D eigenvalue weighted by Gasteiger charge is -2.32. The molecular weight excluding hydrogens is 514 g/mol. The largest absolute Gasteiger partial charge is 0.505 e. The van der Waals surface area contributed by atoms with Crippen molar-refractivity contribution >= 4 is 17.1 Å². The van der Waals surface area contributed by atoms with Crippen molar-refractivity contribution in [2.75, 3.05) is 26.7 Å². The number of carbonyl (C=O) groups is 1. The van der Waals surface area contributed by atoms with Crippen LogP contribution in [0.2, 0.25) is 0 Å². The Morgan fingerprint density at radius 2 is 1.93 bits per heavy atom. The summed E-state index contributed by atoms with van der Waals surface area (Å²) in [4.78, 5) is 15.2. The Hall–Kier alpha value is -3.91. The number of aromatic hydroxyl groups is 1. The van der Waals surface area contributed by atoms with E-state index >= 15 is 4.39 Å². The smallest absolute Gasteiger partial charge is 0.251 e. The summed E-state index contributed by atoms with van der Waals surface area (Å²) in [5.41, 5.74) is 2.33. The van der Waals surface area contributed by atoms with Gasteiger partial charge < -0.3 is 19.9 Å². The second kappa shape index (κ2) is 11.3. The molecule has 2 N–H and O–H groups in total. The van der Waals surface area contributed by atoms with Crippen LogP contribution >= 0.6 is 0 Å². The molecule has 5 rings (SSSR count). The lowest BCUT2D eigenvalue weighted by molar-refractivity contribution is 0.0962. The first kappa shape index (κ1) is 27.6. The van der Waals surface area contributed by atoms with Crippen molar-refractivity contribution in [1.82, 2.24) is 10.2 Å². The Bertz CT molecular complexity index is 1450. The van der Waals surface area contributed by atoms with Crippen LogP contribution in [0, 0.1) is 17.6 Å². The number of phenols is 1. The van der Waals surface area contributed by atoms with E-state index in [9.17, 15) is 14.3 Å². The summed E-state index contributed by atoms with van der Waals surface area (Å²) < 4.78 is 41.8. The van der Waals surface area contributed by atoms with Crippen LogP contribution in [0.4, 0.5) is 8.78 Å². The number of ether oxygens (including phenoxy) is 2. The van der Waals surface area contributed by atoms with Gasteiger partial charge in [0.15, 0.2) is 11.6 Å². The number of carbonyl (C=O) groups excluding carboxylic acids is 1. The van der Waals surface area contributed by atoms with Crippen molar-refractivity contribution in [3.05, 3.63) is 88.5 Å². The Morgan fingerprint density at radius 1 is 1.18 bits per heavy atom. The monoisotopic (exact) mass is 548 g/mol. The molecule has 3 aromatic carbocycles. The zero-order valence-electron chi connectivity index (χ0n) is 23.1. The Morgan fingerprint density at radius 3 is 2.60 bits per heavy atom. The molecule has 0 spiro atoms. The van der Waals surface area contributed by atoms with E-state index in [0.29, 0.717) is 41.0 Å². The van der Waals surface area contributed by atoms with Crippen molar-refractivity contribution in [2.45, 2.75) is 39.3 Å². The van der Waals surface area contributed by atoms with E-state index in [1.165, 1.54) is 37.7 Å². The van der Waals surface area contributed by atoms with Crippen LogP contribution in [-0.4, -0.2) is 48.7 Å². The molecule has 210 valence electrons. The van der Waals surface area contributed by atoms with Gasteiger partial charge in [-0.25, -0.2) is 8.78 Å². The summed E-state index contributed by atoms with van der Waals surface area (Å²) in [5, 5.41) is 12.6. The first-order valence-corrected chi connectivity index (χ1v) is 13.6. The predicted octanol–water partition coefficient (Wildman–Crippen LogP) is 6.20. The van der Waals surface area contributed by atoms with Crippen molar-refractivity contribution in [1.29, 1.82) is 0 Å². The standard InChI is InChI=1S/C32H34F2N2O4/c1-18-13-14-36(16-18)19(2)17-39-23-8-5-21(6-9-23)31-28(24-10-7-22(33)15-25(24)32(38)35-4)20(3)29-27(40-31)12-11-26(37)30(29)34/h5-12,15,18-19,31,37H,13-14,16-17H2,1-4H3,(H,35,38). The highest BCUT2D eigenvalue weighted by Crippen LogP contribution is 2.49. The molecule has 2 aliphatic rings. The molecule has 1 amide bonds. The second-order valence-electron chi connectivity index (χ2n) is 10.7. The number of halogens is 2. The fourth-order valence-electron chi connectivity index (χ4n) is 5.59. The van der Waals surface area contributed by atoms with E-state index in [1.54, 1.807) is 6.92 Å². The molecule has 40 heavy (non-hydrogen) atoms. The molecule has 0 aromatic heterocycles. The zero-order valence-corrected chi connectivity index (χ0v) is 23.1. The highest BCUT2D eigenvalue weighted by Gasteiger charge is 2.34. The van der Waals surface area contributed by atoms with Crippen LogP contribution in [0.25, 0.3) is 11.1 Å². The number of allylic oxidation sites excluding steroid dienone is 1. The van der Waals surface area contributed by atoms with Gasteiger partial charge in [0.1, 0.15) is 30.0 Å². The van der Waals surface area contributed by atoms with Gasteiger partial charge in [0.05, 0.1) is 5.56 Å². The van der Waals surface area contributed by atoms with E-state index < -0.39 is 29.4 Å². The topological polar surface area (TPSA) is 71.0 Å². The van der Waals surface area contributed by atoms with E-state index in [-0.39, 0.29) is 16.9 Å². The first-order chi connectivity index (χ1) is 19.2. The number of phenolic OH excluding ortho intramolecular Hbond substituents is 1. The maximum absolute atomic E-state index is 15.2. The van der Waals surface area contributed by atoms with Crippen molar-refractivity contribution in [2.24, 2.45) is 5.92 Å². The zero-order chi connectivity index (χ0) is 28.6. The Labute approximate surface area is 233 Å². The molecule has 3 aromatic rings. The third-order valence-corrected chi connectivity index (χ3v) is 7.87. The van der Waals surface area contributed by atoms with Gasteiger partial charge >= 0.3 is 0 Å². The molecule has 2 heterocycles. The number of fused-ring (bicyclic) bond motifs is 1. The van der Waals surface area contributed by atoms with Crippen molar-refractivity contribution in [3.8, 4) is 17.2 Å². The predicted molar refractivity (Wildman–Crippen MR) is 150 cm³/mol. The highest BCUT2D eigenvalue weighted by molar-refractivity contribution is 6.04. The van der Waals surface area contributed by atoms with Gasteiger partial charge in [-0.05, 0) is 85.8 Å². The molecule has 0 aliphatic carbocycles. The summed E-state index contributed by atoms with van der Waals surface area (Å²) in [6.07, 6.45) is 0.474. The Balaban J connectivity index is 1.51. The van der Waals surface area contributed by atoms with Gasteiger partial charge in [0, 0.05) is 30.8 Å². The molecule has 0 bridgehead atoms. The fourth-order valence-corrected chi connectivity index (χ4v) is 5.59. The number of rotatable bonds is 7. The number of hydrogen-bond donors (Lipinski definition) is 2. The average Bonchev–Trinajstić information content (AvgIpc) is 3.40. The normalized spacial score (nSPS) is 19.6. The number of benzene rings is 3. The molecule has 6 nitrogen and oxygen atoms in total. The van der Waals surface area contributed by atoms with Crippen molar-refractivity contribution in [3.63, 3.8) is 0 Å². The number of amides is 1. The molecule has 8 heteroatoms. The van der Waals surface area contributed by atoms with Crippen LogP contribution in [-0.2, 0) is 0 Å². The number of nitrogens with zero attached hydrogens (tertiary/aromatic N) is 1. The molecule has 2 aliphatic heterocycles. The minimum Gasteiger partial charge on any atom is -0.505 e. The summed E-state index contributed by atoms with van der Waals surface area (Å²) in [6, 6.07) is 14.4. The quantitative estimate of drug-likeness (QED) is 0.368. The van der Waals surface area contributed by atoms with Crippen molar-refractivity contribution < 1.29 is 28.2 Å². The fraction of sp³-hybridized carbons (Fsp3) is 0.344. The summed E-state index contributed by atoms with van der Waals surface area (Å²) >= 11 is 0. The maximum atomic E-state index is 15.2. The molecule has 1 fully saturated rings. The third kappa shape index (κ3) is 5.28. The van der Waals surface area contributed by atoms with Crippen LogP contribution < -0.4 is 14.8 Å². The number of nitrogens with one attached hydrogen (secondary N) is 1. The van der Waals surface area contributed by atoms with Crippen LogP contribution in [0.15, 0.2) is 54.6 Å². The Kier molecular flexibility index (Phi) is 7.81. The summed E-state index contributed by atoms with van der Waals surface area (Å²) in [5.74, 6) is -0.706. The minimum atomic E-state index is -0.820. The minimum absolute atomic E-state index is 0.0969. The van der Waals surface area contributed by atoms with Gasteiger partial charge in [-0.1, -0.05) is 25.1 Å². The SMILES string of the molecule is CNC(=O)c1cc(F)ccc1C1=C(C)c2c(ccc(O)c2F)OC1c1ccc(OCC(C)N2CCC(C)C2)cc1. The van der Waals surface area contributed by atoms with Gasteiger partial charge in [0.2, 0.25) is 0 Å². The number of likely N-dealkylation sites (tertiary alicyclic amines) is 1. The lowest BCUT2D eigenvalue weighted by Crippen LogP contribution is -2.35. The van der Waals surface area contributed by atoms with Gasteiger partial charge in [-0.15, -0.1) is 0 Å². The molecule has 0 saturated carbocycles. The first-order valence-electron chi connectivity index (χ1n) is 13.6. The lowest BCUT2D eigenvalue weighted by atomic mass is 9.84. The molecule has 3 unspecified atom stereocenters. The van der Waals surface area contributed by atoms with Crippen LogP contribution in [0.5, 0.6) is 17.2 Å². The second-order valence-corrected chi connectivity index (χ2v) is 10.7. The van der Waals surface area contributed by atoms with E-state index in [1.807, 2.05) is 24.3 Å². The third-order valence-electron chi connectivity index (χ3n) is 7.87. The van der Waals surface area contributed by atoms with Crippen LogP contribution in [0.3, 0.4) is 0 Å². The van der Waals surface area contributed by atoms with E-state index in [4.69, 9.17) is 9.47 Å². The van der Waals surface area contributed by atoms with E-state index in [2.05, 4.69) is 24.1 Å². The molecular formula is C32H34F2N2O4. The van der Waals surface area contributed by atoms with Crippen LogP contribution in [0.1, 0.15) is 60.3 Å². The molecule has 0 radical (unpaired) electrons. The average molecular weight is 549 g/mol. The molecule has 3 atom stereocenters. The highest BCUT2D eigenvalue weighted by atomic mass is 19.1. The molecule has 1 saturated heterocycles. The maximum Gasteiger partial charge on any atom is 0.251 e.